The van der Waals surface area contributed by atoms with E-state index in [0.29, 0.717) is 5.69 Å². The standard InChI is InChI=1S/C19H22N6O/c1-13(2)23-19(26)18-10-16(8-9-21-18)24-14(3)15-4-6-17(7-5-15)25-12-20-11-22-25/h4-14H,1-3H3,(H,21,24)(H,23,26)/t14-/m1/s1. The average molecular weight is 350 g/mol. The van der Waals surface area contributed by atoms with Crippen LogP contribution in [0.25, 0.3) is 5.69 Å². The molecule has 0 bridgehead atoms. The molecule has 3 rings (SSSR count). The summed E-state index contributed by atoms with van der Waals surface area (Å²) in [6.45, 7) is 5.91. The first-order valence-electron chi connectivity index (χ1n) is 8.51. The Bertz CT molecular complexity index is 858. The number of hydrogen-bond donors (Lipinski definition) is 2. The first kappa shape index (κ1) is 17.6. The van der Waals surface area contributed by atoms with Crippen molar-refractivity contribution in [3.8, 4) is 5.69 Å². The lowest BCUT2D eigenvalue weighted by Gasteiger charge is -2.17. The summed E-state index contributed by atoms with van der Waals surface area (Å²) in [7, 11) is 0. The molecule has 0 radical (unpaired) electrons. The summed E-state index contributed by atoms with van der Waals surface area (Å²) in [6.07, 6.45) is 4.81. The van der Waals surface area contributed by atoms with E-state index in [9.17, 15) is 4.79 Å². The SMILES string of the molecule is CC(C)NC(=O)c1cc(N[C@H](C)c2ccc(-n3cncn3)cc2)ccn1. The molecule has 0 aliphatic rings. The number of carbonyl (C=O) groups is 1. The van der Waals surface area contributed by atoms with E-state index < -0.39 is 0 Å². The van der Waals surface area contributed by atoms with Crippen molar-refractivity contribution in [2.45, 2.75) is 32.9 Å². The highest BCUT2D eigenvalue weighted by molar-refractivity contribution is 5.93. The fraction of sp³-hybridized carbons (Fsp3) is 0.263. The number of benzene rings is 1. The Morgan fingerprint density at radius 2 is 1.88 bits per heavy atom. The lowest BCUT2D eigenvalue weighted by atomic mass is 10.1. The molecule has 1 amide bonds. The first-order valence-corrected chi connectivity index (χ1v) is 8.51. The summed E-state index contributed by atoms with van der Waals surface area (Å²) in [6, 6.07) is 11.8. The van der Waals surface area contributed by atoms with Gasteiger partial charge in [0.05, 0.1) is 5.69 Å². The molecule has 0 spiro atoms. The van der Waals surface area contributed by atoms with Gasteiger partial charge in [0.25, 0.3) is 5.91 Å². The lowest BCUT2D eigenvalue weighted by molar-refractivity contribution is 0.0938. The molecule has 1 atom stereocenters. The Balaban J connectivity index is 1.69. The molecule has 2 heterocycles. The summed E-state index contributed by atoms with van der Waals surface area (Å²) in [5.74, 6) is -0.173. The third kappa shape index (κ3) is 4.24. The van der Waals surface area contributed by atoms with Crippen LogP contribution in [-0.4, -0.2) is 31.7 Å². The molecule has 7 heteroatoms. The Morgan fingerprint density at radius 3 is 2.54 bits per heavy atom. The third-order valence-electron chi connectivity index (χ3n) is 3.87. The maximum Gasteiger partial charge on any atom is 0.270 e. The van der Waals surface area contributed by atoms with Crippen molar-refractivity contribution in [3.63, 3.8) is 0 Å². The van der Waals surface area contributed by atoms with Crippen LogP contribution >= 0.6 is 0 Å². The second-order valence-electron chi connectivity index (χ2n) is 6.36. The van der Waals surface area contributed by atoms with Crippen molar-refractivity contribution < 1.29 is 4.79 Å². The Morgan fingerprint density at radius 1 is 1.12 bits per heavy atom. The van der Waals surface area contributed by atoms with Crippen LogP contribution in [-0.2, 0) is 0 Å². The van der Waals surface area contributed by atoms with E-state index in [1.54, 1.807) is 23.3 Å². The maximum absolute atomic E-state index is 12.1. The highest BCUT2D eigenvalue weighted by atomic mass is 16.1. The topological polar surface area (TPSA) is 84.7 Å². The van der Waals surface area contributed by atoms with Crippen molar-refractivity contribution in [1.29, 1.82) is 0 Å². The van der Waals surface area contributed by atoms with Crippen molar-refractivity contribution in [3.05, 3.63) is 66.5 Å². The maximum atomic E-state index is 12.1. The summed E-state index contributed by atoms with van der Waals surface area (Å²) in [4.78, 5) is 20.2. The molecular formula is C19H22N6O. The van der Waals surface area contributed by atoms with Crippen molar-refractivity contribution >= 4 is 11.6 Å². The molecule has 0 aliphatic heterocycles. The van der Waals surface area contributed by atoms with Crippen LogP contribution in [0.2, 0.25) is 0 Å². The van der Waals surface area contributed by atoms with E-state index >= 15 is 0 Å². The van der Waals surface area contributed by atoms with Gasteiger partial charge in [-0.2, -0.15) is 5.10 Å². The fourth-order valence-electron chi connectivity index (χ4n) is 2.57. The van der Waals surface area contributed by atoms with Crippen molar-refractivity contribution in [2.24, 2.45) is 0 Å². The molecule has 0 unspecified atom stereocenters. The van der Waals surface area contributed by atoms with Gasteiger partial charge >= 0.3 is 0 Å². The number of hydrogen-bond acceptors (Lipinski definition) is 5. The third-order valence-corrected chi connectivity index (χ3v) is 3.87. The van der Waals surface area contributed by atoms with E-state index in [-0.39, 0.29) is 18.0 Å². The largest absolute Gasteiger partial charge is 0.378 e. The van der Waals surface area contributed by atoms with Gasteiger partial charge in [-0.25, -0.2) is 9.67 Å². The predicted octanol–water partition coefficient (Wildman–Crippen LogP) is 2.97. The highest BCUT2D eigenvalue weighted by Gasteiger charge is 2.11. The minimum Gasteiger partial charge on any atom is -0.378 e. The zero-order valence-electron chi connectivity index (χ0n) is 15.0. The number of amides is 1. The Kier molecular flexibility index (Phi) is 5.26. The van der Waals surface area contributed by atoms with Crippen LogP contribution in [0.4, 0.5) is 5.69 Å². The van der Waals surface area contributed by atoms with Gasteiger partial charge in [-0.1, -0.05) is 12.1 Å². The first-order chi connectivity index (χ1) is 12.5. The quantitative estimate of drug-likeness (QED) is 0.714. The Labute approximate surface area is 152 Å². The van der Waals surface area contributed by atoms with Crippen molar-refractivity contribution in [1.82, 2.24) is 25.1 Å². The van der Waals surface area contributed by atoms with Crippen molar-refractivity contribution in [2.75, 3.05) is 5.32 Å². The van der Waals surface area contributed by atoms with Crippen LogP contribution in [0, 0.1) is 0 Å². The summed E-state index contributed by atoms with van der Waals surface area (Å²) in [5.41, 5.74) is 3.33. The molecule has 2 aromatic heterocycles. The van der Waals surface area contributed by atoms with Gasteiger partial charge in [0.15, 0.2) is 0 Å². The van der Waals surface area contributed by atoms with Gasteiger partial charge in [0, 0.05) is 24.0 Å². The van der Waals surface area contributed by atoms with Gasteiger partial charge < -0.3 is 10.6 Å². The number of aromatic nitrogens is 4. The van der Waals surface area contributed by atoms with Crippen LogP contribution in [0.15, 0.2) is 55.2 Å². The number of nitrogens with zero attached hydrogens (tertiary/aromatic N) is 4. The molecule has 1 aromatic carbocycles. The van der Waals surface area contributed by atoms with Crippen LogP contribution in [0.5, 0.6) is 0 Å². The molecule has 0 fully saturated rings. The molecule has 3 aromatic rings. The number of anilines is 1. The minimum absolute atomic E-state index is 0.0724. The number of nitrogens with one attached hydrogen (secondary N) is 2. The Hall–Kier alpha value is -3.22. The second-order valence-corrected chi connectivity index (χ2v) is 6.36. The second kappa shape index (κ2) is 7.77. The van der Waals surface area contributed by atoms with E-state index in [0.717, 1.165) is 16.9 Å². The lowest BCUT2D eigenvalue weighted by Crippen LogP contribution is -2.30. The molecule has 0 aliphatic carbocycles. The number of carbonyl (C=O) groups excluding carboxylic acids is 1. The zero-order valence-corrected chi connectivity index (χ0v) is 15.0. The summed E-state index contributed by atoms with van der Waals surface area (Å²) in [5, 5.41) is 10.4. The smallest absolute Gasteiger partial charge is 0.270 e. The average Bonchev–Trinajstić information content (AvgIpc) is 3.16. The van der Waals surface area contributed by atoms with E-state index in [1.165, 1.54) is 6.33 Å². The van der Waals surface area contributed by atoms with E-state index in [1.807, 2.05) is 44.2 Å². The monoisotopic (exact) mass is 350 g/mol. The number of rotatable bonds is 6. The normalized spacial score (nSPS) is 12.0. The molecule has 2 N–H and O–H groups in total. The molecule has 0 saturated heterocycles. The summed E-state index contributed by atoms with van der Waals surface area (Å²) >= 11 is 0. The predicted molar refractivity (Wildman–Crippen MR) is 100 cm³/mol. The van der Waals surface area contributed by atoms with E-state index in [2.05, 4.69) is 32.6 Å². The number of pyridine rings is 1. The van der Waals surface area contributed by atoms with Crippen LogP contribution in [0.3, 0.4) is 0 Å². The molecule has 26 heavy (non-hydrogen) atoms. The highest BCUT2D eigenvalue weighted by Crippen LogP contribution is 2.20. The van der Waals surface area contributed by atoms with Gasteiger partial charge in [0.1, 0.15) is 18.3 Å². The van der Waals surface area contributed by atoms with Crippen LogP contribution < -0.4 is 10.6 Å². The molecule has 134 valence electrons. The molecular weight excluding hydrogens is 328 g/mol. The van der Waals surface area contributed by atoms with Crippen LogP contribution in [0.1, 0.15) is 42.9 Å². The van der Waals surface area contributed by atoms with Gasteiger partial charge in [-0.05, 0) is 50.6 Å². The van der Waals surface area contributed by atoms with Gasteiger partial charge in [-0.3, -0.25) is 9.78 Å². The zero-order chi connectivity index (χ0) is 18.5. The summed E-state index contributed by atoms with van der Waals surface area (Å²) < 4.78 is 1.71. The minimum atomic E-state index is -0.173. The molecule has 0 saturated carbocycles. The van der Waals surface area contributed by atoms with Gasteiger partial charge in [0.2, 0.25) is 0 Å². The van der Waals surface area contributed by atoms with E-state index in [4.69, 9.17) is 0 Å². The van der Waals surface area contributed by atoms with Gasteiger partial charge in [-0.15, -0.1) is 0 Å². The molecule has 7 nitrogen and oxygen atoms in total. The fourth-order valence-corrected chi connectivity index (χ4v) is 2.57.